The lowest BCUT2D eigenvalue weighted by molar-refractivity contribution is 0.198. The van der Waals surface area contributed by atoms with Crippen LogP contribution in [0.1, 0.15) is 59.8 Å². The third kappa shape index (κ3) is 6.19. The summed E-state index contributed by atoms with van der Waals surface area (Å²) in [6.45, 7) is 12.8. The van der Waals surface area contributed by atoms with Crippen LogP contribution in [-0.2, 0) is 0 Å². The zero-order chi connectivity index (χ0) is 13.5. The second-order valence-electron chi connectivity index (χ2n) is 6.76. The van der Waals surface area contributed by atoms with Gasteiger partial charge in [0, 0.05) is 12.6 Å². The lowest BCUT2D eigenvalue weighted by atomic mass is 9.88. The maximum Gasteiger partial charge on any atom is 0.00387 e. The van der Waals surface area contributed by atoms with E-state index >= 15 is 0 Å². The van der Waals surface area contributed by atoms with Crippen molar-refractivity contribution in [1.29, 1.82) is 0 Å². The standard InChI is InChI=1S/C16H34N2/c1-13(2)16(9-10-17)6-5-11-18(14(3)4)12-15-7-8-15/h13-16H,5-12,17H2,1-4H3. The van der Waals surface area contributed by atoms with E-state index in [2.05, 4.69) is 32.6 Å². The van der Waals surface area contributed by atoms with Gasteiger partial charge in [-0.15, -0.1) is 0 Å². The van der Waals surface area contributed by atoms with Gasteiger partial charge < -0.3 is 10.6 Å². The Morgan fingerprint density at radius 3 is 2.22 bits per heavy atom. The van der Waals surface area contributed by atoms with Gasteiger partial charge in [0.25, 0.3) is 0 Å². The van der Waals surface area contributed by atoms with Crippen molar-refractivity contribution in [2.75, 3.05) is 19.6 Å². The predicted molar refractivity (Wildman–Crippen MR) is 80.7 cm³/mol. The summed E-state index contributed by atoms with van der Waals surface area (Å²) in [7, 11) is 0. The summed E-state index contributed by atoms with van der Waals surface area (Å²) in [5.74, 6) is 2.62. The van der Waals surface area contributed by atoms with E-state index in [1.165, 1.54) is 45.2 Å². The molecule has 0 bridgehead atoms. The molecule has 0 aromatic heterocycles. The summed E-state index contributed by atoms with van der Waals surface area (Å²) in [5.41, 5.74) is 5.71. The van der Waals surface area contributed by atoms with E-state index in [0.717, 1.165) is 24.3 Å². The number of rotatable bonds is 10. The lowest BCUT2D eigenvalue weighted by Crippen LogP contribution is -2.34. The Morgan fingerprint density at radius 2 is 1.78 bits per heavy atom. The largest absolute Gasteiger partial charge is 0.330 e. The summed E-state index contributed by atoms with van der Waals surface area (Å²) in [4.78, 5) is 2.68. The van der Waals surface area contributed by atoms with Crippen molar-refractivity contribution in [3.05, 3.63) is 0 Å². The third-order valence-electron chi connectivity index (χ3n) is 4.42. The monoisotopic (exact) mass is 254 g/mol. The van der Waals surface area contributed by atoms with Crippen LogP contribution in [0.3, 0.4) is 0 Å². The first-order valence-corrected chi connectivity index (χ1v) is 7.98. The maximum atomic E-state index is 5.71. The van der Waals surface area contributed by atoms with Gasteiger partial charge in [-0.25, -0.2) is 0 Å². The Hall–Kier alpha value is -0.0800. The molecule has 2 N–H and O–H groups in total. The SMILES string of the molecule is CC(C)C(CCN)CCCN(CC1CC1)C(C)C. The molecule has 0 heterocycles. The lowest BCUT2D eigenvalue weighted by Gasteiger charge is -2.28. The van der Waals surface area contributed by atoms with Gasteiger partial charge in [0.15, 0.2) is 0 Å². The summed E-state index contributed by atoms with van der Waals surface area (Å²) in [6, 6.07) is 0.706. The molecular formula is C16H34N2. The Morgan fingerprint density at radius 1 is 1.11 bits per heavy atom. The van der Waals surface area contributed by atoms with Gasteiger partial charge in [-0.2, -0.15) is 0 Å². The van der Waals surface area contributed by atoms with Crippen LogP contribution in [0, 0.1) is 17.8 Å². The van der Waals surface area contributed by atoms with Gasteiger partial charge in [-0.3, -0.25) is 0 Å². The van der Waals surface area contributed by atoms with Crippen molar-refractivity contribution in [2.45, 2.75) is 65.8 Å². The Bertz CT molecular complexity index is 209. The topological polar surface area (TPSA) is 29.3 Å². The highest BCUT2D eigenvalue weighted by Gasteiger charge is 2.25. The fraction of sp³-hybridized carbons (Fsp3) is 1.00. The van der Waals surface area contributed by atoms with Gasteiger partial charge in [-0.05, 0) is 76.8 Å². The van der Waals surface area contributed by atoms with Crippen molar-refractivity contribution in [1.82, 2.24) is 4.90 Å². The van der Waals surface area contributed by atoms with Gasteiger partial charge >= 0.3 is 0 Å². The summed E-state index contributed by atoms with van der Waals surface area (Å²) in [5, 5.41) is 0. The molecule has 0 aromatic rings. The van der Waals surface area contributed by atoms with E-state index in [1.54, 1.807) is 0 Å². The molecule has 1 aliphatic rings. The van der Waals surface area contributed by atoms with Crippen molar-refractivity contribution in [3.63, 3.8) is 0 Å². The van der Waals surface area contributed by atoms with Crippen LogP contribution in [0.5, 0.6) is 0 Å². The van der Waals surface area contributed by atoms with Crippen LogP contribution in [-0.4, -0.2) is 30.6 Å². The molecule has 1 aliphatic carbocycles. The predicted octanol–water partition coefficient (Wildman–Crippen LogP) is 3.51. The van der Waals surface area contributed by atoms with Crippen LogP contribution in [0.25, 0.3) is 0 Å². The van der Waals surface area contributed by atoms with E-state index in [4.69, 9.17) is 5.73 Å². The zero-order valence-electron chi connectivity index (χ0n) is 13.0. The summed E-state index contributed by atoms with van der Waals surface area (Å²) >= 11 is 0. The molecule has 0 radical (unpaired) electrons. The van der Waals surface area contributed by atoms with Gasteiger partial charge in [-0.1, -0.05) is 13.8 Å². The van der Waals surface area contributed by atoms with Crippen LogP contribution >= 0.6 is 0 Å². The minimum Gasteiger partial charge on any atom is -0.330 e. The van der Waals surface area contributed by atoms with Crippen LogP contribution < -0.4 is 5.73 Å². The van der Waals surface area contributed by atoms with Crippen molar-refractivity contribution in [2.24, 2.45) is 23.5 Å². The van der Waals surface area contributed by atoms with Crippen molar-refractivity contribution < 1.29 is 0 Å². The van der Waals surface area contributed by atoms with Crippen LogP contribution in [0.15, 0.2) is 0 Å². The first-order valence-electron chi connectivity index (χ1n) is 7.98. The van der Waals surface area contributed by atoms with E-state index in [0.29, 0.717) is 6.04 Å². The summed E-state index contributed by atoms with van der Waals surface area (Å²) < 4.78 is 0. The molecular weight excluding hydrogens is 220 g/mol. The van der Waals surface area contributed by atoms with Crippen molar-refractivity contribution >= 4 is 0 Å². The Balaban J connectivity index is 2.23. The Labute approximate surface area is 114 Å². The molecule has 0 aliphatic heterocycles. The number of hydrogen-bond acceptors (Lipinski definition) is 2. The van der Waals surface area contributed by atoms with E-state index in [9.17, 15) is 0 Å². The second kappa shape index (κ2) is 8.16. The van der Waals surface area contributed by atoms with E-state index in [1.807, 2.05) is 0 Å². The molecule has 2 heteroatoms. The molecule has 1 atom stereocenters. The average molecular weight is 254 g/mol. The number of nitrogens with zero attached hydrogens (tertiary/aromatic N) is 1. The van der Waals surface area contributed by atoms with E-state index < -0.39 is 0 Å². The first kappa shape index (κ1) is 16.0. The molecule has 0 spiro atoms. The van der Waals surface area contributed by atoms with Crippen LogP contribution in [0.4, 0.5) is 0 Å². The highest BCUT2D eigenvalue weighted by molar-refractivity contribution is 4.79. The quantitative estimate of drug-likeness (QED) is 0.646. The molecule has 108 valence electrons. The van der Waals surface area contributed by atoms with Crippen LogP contribution in [0.2, 0.25) is 0 Å². The smallest absolute Gasteiger partial charge is 0.00387 e. The molecule has 18 heavy (non-hydrogen) atoms. The molecule has 2 nitrogen and oxygen atoms in total. The average Bonchev–Trinajstić information content (AvgIpc) is 3.09. The molecule has 1 unspecified atom stereocenters. The second-order valence-corrected chi connectivity index (χ2v) is 6.76. The minimum atomic E-state index is 0.706. The fourth-order valence-electron chi connectivity index (χ4n) is 2.77. The molecule has 0 amide bonds. The highest BCUT2D eigenvalue weighted by atomic mass is 15.1. The minimum absolute atomic E-state index is 0.706. The molecule has 1 rings (SSSR count). The molecule has 0 saturated heterocycles. The van der Waals surface area contributed by atoms with Crippen molar-refractivity contribution in [3.8, 4) is 0 Å². The Kier molecular flexibility index (Phi) is 7.25. The van der Waals surface area contributed by atoms with Gasteiger partial charge in [0.1, 0.15) is 0 Å². The number of hydrogen-bond donors (Lipinski definition) is 1. The highest BCUT2D eigenvalue weighted by Crippen LogP contribution is 2.30. The fourth-order valence-corrected chi connectivity index (χ4v) is 2.77. The molecule has 1 fully saturated rings. The van der Waals surface area contributed by atoms with Gasteiger partial charge in [0.2, 0.25) is 0 Å². The van der Waals surface area contributed by atoms with Gasteiger partial charge in [0.05, 0.1) is 0 Å². The summed E-state index contributed by atoms with van der Waals surface area (Å²) in [6.07, 6.45) is 6.81. The normalized spacial score (nSPS) is 18.0. The maximum absolute atomic E-state index is 5.71. The van der Waals surface area contributed by atoms with E-state index in [-0.39, 0.29) is 0 Å². The molecule has 0 aromatic carbocycles. The molecule has 1 saturated carbocycles. The third-order valence-corrected chi connectivity index (χ3v) is 4.42. The number of nitrogens with two attached hydrogens (primary N) is 1. The first-order chi connectivity index (χ1) is 8.54. The zero-order valence-corrected chi connectivity index (χ0v) is 13.0.